The Labute approximate surface area is 204 Å². The number of carbonyl (C=O) groups excluding carboxylic acids is 4. The maximum absolute atomic E-state index is 14.0. The van der Waals surface area contributed by atoms with E-state index in [-0.39, 0.29) is 23.8 Å². The van der Waals surface area contributed by atoms with E-state index in [1.165, 1.54) is 12.0 Å². The van der Waals surface area contributed by atoms with Crippen molar-refractivity contribution in [2.75, 3.05) is 12.0 Å². The molecule has 0 aromatic heterocycles. The quantitative estimate of drug-likeness (QED) is 0.489. The first-order chi connectivity index (χ1) is 16.4. The van der Waals surface area contributed by atoms with Gasteiger partial charge in [-0.1, -0.05) is 12.2 Å². The zero-order valence-electron chi connectivity index (χ0n) is 20.6. The summed E-state index contributed by atoms with van der Waals surface area (Å²) in [6, 6.07) is 5.41. The number of benzene rings is 1. The van der Waals surface area contributed by atoms with E-state index in [1.54, 1.807) is 37.3 Å². The Bertz CT molecular complexity index is 1130. The Kier molecular flexibility index (Phi) is 5.14. The molecule has 1 aromatic rings. The second-order valence-electron chi connectivity index (χ2n) is 11.1. The van der Waals surface area contributed by atoms with Crippen molar-refractivity contribution in [1.29, 1.82) is 0 Å². The molecule has 5 rings (SSSR count). The predicted molar refractivity (Wildman–Crippen MR) is 126 cm³/mol. The molecule has 3 aliphatic heterocycles. The van der Waals surface area contributed by atoms with Gasteiger partial charge in [0.25, 0.3) is 0 Å². The molecule has 1 saturated carbocycles. The molecule has 1 aromatic carbocycles. The van der Waals surface area contributed by atoms with Gasteiger partial charge in [0.05, 0.1) is 30.1 Å². The molecule has 3 heterocycles. The van der Waals surface area contributed by atoms with Crippen molar-refractivity contribution in [3.8, 4) is 0 Å². The van der Waals surface area contributed by atoms with Crippen LogP contribution in [-0.4, -0.2) is 59.6 Å². The van der Waals surface area contributed by atoms with Gasteiger partial charge in [-0.15, -0.1) is 0 Å². The van der Waals surface area contributed by atoms with Crippen LogP contribution in [0.1, 0.15) is 50.9 Å². The number of fused-ring (bicyclic) bond motifs is 1. The maximum Gasteiger partial charge on any atom is 0.337 e. The molecule has 3 amide bonds. The standard InChI is InChI=1S/C26H31N3O6/c1-24(2,3)28-21(31)19-26-13-12-25(4,35-26)17(20(30)27-15-8-9-15)18(26)22(32)29(19)16-10-6-14(7-11-16)23(33)34-5/h6-7,10-13,15,17-19H,8-9H2,1-5H3,(H,27,30)(H,28,31)/t17-,18-,19-,25+,26-/m1/s1. The molecule has 35 heavy (non-hydrogen) atoms. The summed E-state index contributed by atoms with van der Waals surface area (Å²) in [5, 5.41) is 6.01. The Morgan fingerprint density at radius 2 is 1.74 bits per heavy atom. The highest BCUT2D eigenvalue weighted by Gasteiger charge is 2.76. The third-order valence-electron chi connectivity index (χ3n) is 7.22. The average molecular weight is 482 g/mol. The average Bonchev–Trinajstić information content (AvgIpc) is 3.40. The second-order valence-corrected chi connectivity index (χ2v) is 11.1. The van der Waals surface area contributed by atoms with Gasteiger partial charge < -0.3 is 20.1 Å². The lowest BCUT2D eigenvalue weighted by atomic mass is 9.70. The summed E-state index contributed by atoms with van der Waals surface area (Å²) in [4.78, 5) is 54.4. The van der Waals surface area contributed by atoms with Gasteiger partial charge in [0, 0.05) is 17.3 Å². The third kappa shape index (κ3) is 3.64. The molecule has 9 heteroatoms. The molecule has 1 spiro atoms. The van der Waals surface area contributed by atoms with Gasteiger partial charge in [0.1, 0.15) is 11.6 Å². The van der Waals surface area contributed by atoms with E-state index in [2.05, 4.69) is 10.6 Å². The zero-order chi connectivity index (χ0) is 25.3. The smallest absolute Gasteiger partial charge is 0.337 e. The number of anilines is 1. The van der Waals surface area contributed by atoms with E-state index in [1.807, 2.05) is 26.8 Å². The molecule has 186 valence electrons. The van der Waals surface area contributed by atoms with Crippen LogP contribution in [0.5, 0.6) is 0 Å². The number of nitrogens with zero attached hydrogens (tertiary/aromatic N) is 1. The van der Waals surface area contributed by atoms with Crippen LogP contribution in [0.4, 0.5) is 5.69 Å². The molecule has 0 unspecified atom stereocenters. The van der Waals surface area contributed by atoms with Gasteiger partial charge in [-0.05, 0) is 64.8 Å². The topological polar surface area (TPSA) is 114 Å². The van der Waals surface area contributed by atoms with Gasteiger partial charge in [-0.2, -0.15) is 0 Å². The first-order valence-corrected chi connectivity index (χ1v) is 11.9. The first kappa shape index (κ1) is 23.5. The number of hydrogen-bond donors (Lipinski definition) is 2. The van der Waals surface area contributed by atoms with E-state index in [9.17, 15) is 19.2 Å². The molecule has 0 radical (unpaired) electrons. The molecular weight excluding hydrogens is 450 g/mol. The molecule has 1 aliphatic carbocycles. The number of rotatable bonds is 5. The Hall–Kier alpha value is -3.20. The van der Waals surface area contributed by atoms with E-state index >= 15 is 0 Å². The molecule has 3 fully saturated rings. The Balaban J connectivity index is 1.58. The molecule has 2 N–H and O–H groups in total. The minimum absolute atomic E-state index is 0.128. The van der Waals surface area contributed by atoms with Crippen molar-refractivity contribution in [1.82, 2.24) is 10.6 Å². The van der Waals surface area contributed by atoms with Gasteiger partial charge in [0.2, 0.25) is 17.7 Å². The van der Waals surface area contributed by atoms with Crippen LogP contribution in [0, 0.1) is 11.8 Å². The minimum Gasteiger partial charge on any atom is -0.465 e. The van der Waals surface area contributed by atoms with Crippen LogP contribution in [0.15, 0.2) is 36.4 Å². The van der Waals surface area contributed by atoms with E-state index in [4.69, 9.17) is 9.47 Å². The van der Waals surface area contributed by atoms with Crippen LogP contribution in [-0.2, 0) is 23.9 Å². The number of amides is 3. The van der Waals surface area contributed by atoms with Crippen LogP contribution in [0.2, 0.25) is 0 Å². The van der Waals surface area contributed by atoms with Crippen molar-refractivity contribution in [3.05, 3.63) is 42.0 Å². The minimum atomic E-state index is -1.28. The highest BCUT2D eigenvalue weighted by molar-refractivity contribution is 6.10. The number of ether oxygens (including phenoxy) is 2. The predicted octanol–water partition coefficient (Wildman–Crippen LogP) is 1.71. The summed E-state index contributed by atoms with van der Waals surface area (Å²) in [5.74, 6) is -3.07. The fourth-order valence-corrected chi connectivity index (χ4v) is 5.64. The molecule has 2 saturated heterocycles. The van der Waals surface area contributed by atoms with Gasteiger partial charge in [-0.3, -0.25) is 19.3 Å². The molecule has 5 atom stereocenters. The molecule has 9 nitrogen and oxygen atoms in total. The summed E-state index contributed by atoms with van der Waals surface area (Å²) in [6.45, 7) is 7.39. The number of carbonyl (C=O) groups is 4. The van der Waals surface area contributed by atoms with Crippen molar-refractivity contribution < 1.29 is 28.7 Å². The monoisotopic (exact) mass is 481 g/mol. The number of esters is 1. The van der Waals surface area contributed by atoms with Crippen LogP contribution in [0.3, 0.4) is 0 Å². The molecule has 2 bridgehead atoms. The summed E-state index contributed by atoms with van der Waals surface area (Å²) >= 11 is 0. The summed E-state index contributed by atoms with van der Waals surface area (Å²) < 4.78 is 11.3. The Morgan fingerprint density at radius 1 is 1.09 bits per heavy atom. The van der Waals surface area contributed by atoms with E-state index in [0.29, 0.717) is 11.3 Å². The normalized spacial score (nSPS) is 33.0. The second kappa shape index (κ2) is 7.65. The zero-order valence-corrected chi connectivity index (χ0v) is 20.6. The lowest BCUT2D eigenvalue weighted by Gasteiger charge is -2.35. The molecular formula is C26H31N3O6. The Morgan fingerprint density at radius 3 is 2.31 bits per heavy atom. The maximum atomic E-state index is 14.0. The lowest BCUT2D eigenvalue weighted by Crippen LogP contribution is -2.58. The summed E-state index contributed by atoms with van der Waals surface area (Å²) in [7, 11) is 1.29. The first-order valence-electron chi connectivity index (χ1n) is 11.9. The fourth-order valence-electron chi connectivity index (χ4n) is 5.64. The number of nitrogens with one attached hydrogen (secondary N) is 2. The number of methoxy groups -OCH3 is 1. The summed E-state index contributed by atoms with van der Waals surface area (Å²) in [6.07, 6.45) is 5.44. The molecule has 4 aliphatic rings. The number of hydrogen-bond acceptors (Lipinski definition) is 6. The van der Waals surface area contributed by atoms with Crippen molar-refractivity contribution >= 4 is 29.4 Å². The van der Waals surface area contributed by atoms with Gasteiger partial charge >= 0.3 is 5.97 Å². The third-order valence-corrected chi connectivity index (χ3v) is 7.22. The van der Waals surface area contributed by atoms with E-state index < -0.39 is 40.6 Å². The van der Waals surface area contributed by atoms with E-state index in [0.717, 1.165) is 12.8 Å². The SMILES string of the molecule is COC(=O)c1ccc(N2C(=O)[C@H]3[C@H](C(=O)NC4CC4)[C@]4(C)C=C[C@]3(O4)[C@H]2C(=O)NC(C)(C)C)cc1. The van der Waals surface area contributed by atoms with Crippen molar-refractivity contribution in [2.45, 2.75) is 69.4 Å². The van der Waals surface area contributed by atoms with Gasteiger partial charge in [0.15, 0.2) is 0 Å². The highest BCUT2D eigenvalue weighted by Crippen LogP contribution is 2.60. The lowest BCUT2D eigenvalue weighted by molar-refractivity contribution is -0.134. The van der Waals surface area contributed by atoms with Crippen LogP contribution >= 0.6 is 0 Å². The van der Waals surface area contributed by atoms with Gasteiger partial charge in [-0.25, -0.2) is 4.79 Å². The fraction of sp³-hybridized carbons (Fsp3) is 0.538. The van der Waals surface area contributed by atoms with Crippen molar-refractivity contribution in [3.63, 3.8) is 0 Å². The van der Waals surface area contributed by atoms with Crippen LogP contribution < -0.4 is 15.5 Å². The highest BCUT2D eigenvalue weighted by atomic mass is 16.5. The summed E-state index contributed by atoms with van der Waals surface area (Å²) in [5.41, 5.74) is -2.06. The largest absolute Gasteiger partial charge is 0.465 e. The van der Waals surface area contributed by atoms with Crippen LogP contribution in [0.25, 0.3) is 0 Å². The van der Waals surface area contributed by atoms with Crippen molar-refractivity contribution in [2.24, 2.45) is 11.8 Å².